The molecule has 0 saturated carbocycles. The van der Waals surface area contributed by atoms with E-state index in [9.17, 15) is 4.79 Å². The average Bonchev–Trinajstić information content (AvgIpc) is 2.75. The number of hydrogen-bond donors (Lipinski definition) is 1. The third-order valence-corrected chi connectivity index (χ3v) is 3.40. The van der Waals surface area contributed by atoms with E-state index in [1.54, 1.807) is 0 Å². The zero-order valence-electron chi connectivity index (χ0n) is 10.2. The first-order valence-electron chi connectivity index (χ1n) is 6.11. The van der Waals surface area contributed by atoms with Crippen LogP contribution in [0.1, 0.15) is 26.2 Å². The lowest BCUT2D eigenvalue weighted by atomic mass is 9.94. The van der Waals surface area contributed by atoms with Crippen LogP contribution in [-0.2, 0) is 11.3 Å². The van der Waals surface area contributed by atoms with E-state index in [4.69, 9.17) is 5.73 Å². The number of carbonyl (C=O) groups excluding carboxylic acids is 1. The maximum absolute atomic E-state index is 12.0. The molecule has 94 valence electrons. The molecule has 2 rings (SSSR count). The van der Waals surface area contributed by atoms with Crippen molar-refractivity contribution >= 4 is 11.9 Å². The molecule has 1 saturated heterocycles. The van der Waals surface area contributed by atoms with Crippen LogP contribution in [-0.4, -0.2) is 38.7 Å². The Kier molecular flexibility index (Phi) is 3.61. The van der Waals surface area contributed by atoms with Gasteiger partial charge in [0.2, 0.25) is 11.9 Å². The Hall–Kier alpha value is -1.59. The fourth-order valence-corrected chi connectivity index (χ4v) is 2.21. The van der Waals surface area contributed by atoms with Crippen LogP contribution < -0.4 is 5.73 Å². The van der Waals surface area contributed by atoms with E-state index < -0.39 is 0 Å². The van der Waals surface area contributed by atoms with Gasteiger partial charge in [-0.05, 0) is 18.8 Å². The summed E-state index contributed by atoms with van der Waals surface area (Å²) in [5.74, 6) is 1.09. The zero-order chi connectivity index (χ0) is 12.3. The number of aromatic nitrogens is 3. The standard InChI is InChI=1S/C11H19N5O/c1-2-9-3-5-15(6-4-9)10(17)7-16-8-13-11(12)14-16/h8-9H,2-7H2,1H3,(H2,12,14). The van der Waals surface area contributed by atoms with Crippen molar-refractivity contribution in [3.63, 3.8) is 0 Å². The topological polar surface area (TPSA) is 77.0 Å². The highest BCUT2D eigenvalue weighted by Crippen LogP contribution is 2.19. The van der Waals surface area contributed by atoms with E-state index in [0.717, 1.165) is 31.8 Å². The van der Waals surface area contributed by atoms with E-state index in [-0.39, 0.29) is 18.4 Å². The third kappa shape index (κ3) is 2.95. The monoisotopic (exact) mass is 237 g/mol. The summed E-state index contributed by atoms with van der Waals surface area (Å²) < 4.78 is 1.49. The first-order valence-corrected chi connectivity index (χ1v) is 6.11. The minimum atomic E-state index is 0.101. The van der Waals surface area contributed by atoms with Crippen LogP contribution >= 0.6 is 0 Å². The fourth-order valence-electron chi connectivity index (χ4n) is 2.21. The summed E-state index contributed by atoms with van der Waals surface area (Å²) in [6, 6.07) is 0. The lowest BCUT2D eigenvalue weighted by Crippen LogP contribution is -2.40. The molecular weight excluding hydrogens is 218 g/mol. The number of nitrogens with two attached hydrogens (primary N) is 1. The van der Waals surface area contributed by atoms with Gasteiger partial charge in [0.05, 0.1) is 0 Å². The normalized spacial score (nSPS) is 17.4. The zero-order valence-corrected chi connectivity index (χ0v) is 10.2. The van der Waals surface area contributed by atoms with Crippen molar-refractivity contribution in [3.8, 4) is 0 Å². The number of carbonyl (C=O) groups is 1. The molecule has 0 unspecified atom stereocenters. The van der Waals surface area contributed by atoms with Gasteiger partial charge in [-0.3, -0.25) is 4.79 Å². The molecule has 1 fully saturated rings. The van der Waals surface area contributed by atoms with E-state index >= 15 is 0 Å². The Balaban J connectivity index is 1.85. The molecule has 6 heteroatoms. The first-order chi connectivity index (χ1) is 8.19. The summed E-state index contributed by atoms with van der Waals surface area (Å²) in [7, 11) is 0. The average molecular weight is 237 g/mol. The molecule has 0 radical (unpaired) electrons. The van der Waals surface area contributed by atoms with Gasteiger partial charge in [0.25, 0.3) is 0 Å². The van der Waals surface area contributed by atoms with Gasteiger partial charge in [-0.2, -0.15) is 0 Å². The Morgan fingerprint density at radius 2 is 2.24 bits per heavy atom. The van der Waals surface area contributed by atoms with E-state index in [2.05, 4.69) is 17.0 Å². The second-order valence-corrected chi connectivity index (χ2v) is 4.53. The minimum absolute atomic E-state index is 0.101. The highest BCUT2D eigenvalue weighted by molar-refractivity contribution is 5.75. The van der Waals surface area contributed by atoms with E-state index in [1.807, 2.05) is 4.90 Å². The molecule has 0 aromatic carbocycles. The minimum Gasteiger partial charge on any atom is -0.367 e. The lowest BCUT2D eigenvalue weighted by molar-refractivity contribution is -0.133. The van der Waals surface area contributed by atoms with Crippen molar-refractivity contribution < 1.29 is 4.79 Å². The van der Waals surface area contributed by atoms with Crippen LogP contribution in [0.3, 0.4) is 0 Å². The highest BCUT2D eigenvalue weighted by Gasteiger charge is 2.21. The number of anilines is 1. The van der Waals surface area contributed by atoms with Crippen molar-refractivity contribution in [1.82, 2.24) is 19.7 Å². The Labute approximate surface area is 101 Å². The summed E-state index contributed by atoms with van der Waals surface area (Å²) in [6.45, 7) is 4.17. The number of piperidine rings is 1. The van der Waals surface area contributed by atoms with Gasteiger partial charge in [0.15, 0.2) is 0 Å². The molecule has 1 aliphatic rings. The lowest BCUT2D eigenvalue weighted by Gasteiger charge is -2.31. The molecule has 6 nitrogen and oxygen atoms in total. The van der Waals surface area contributed by atoms with E-state index in [1.165, 1.54) is 17.4 Å². The van der Waals surface area contributed by atoms with E-state index in [0.29, 0.717) is 0 Å². The number of nitrogen functional groups attached to an aromatic ring is 1. The Bertz CT molecular complexity index is 381. The summed E-state index contributed by atoms with van der Waals surface area (Å²) in [4.78, 5) is 17.7. The SMILES string of the molecule is CCC1CCN(C(=O)Cn2cnc(N)n2)CC1. The summed E-state index contributed by atoms with van der Waals surface area (Å²) in [6.07, 6.45) is 4.93. The van der Waals surface area contributed by atoms with Gasteiger partial charge in [0, 0.05) is 13.1 Å². The van der Waals surface area contributed by atoms with Crippen LogP contribution in [0, 0.1) is 5.92 Å². The summed E-state index contributed by atoms with van der Waals surface area (Å²) in [5.41, 5.74) is 5.40. The predicted octanol–water partition coefficient (Wildman–Crippen LogP) is 0.509. The number of likely N-dealkylation sites (tertiary alicyclic amines) is 1. The van der Waals surface area contributed by atoms with Crippen molar-refractivity contribution in [2.75, 3.05) is 18.8 Å². The molecule has 0 bridgehead atoms. The number of amides is 1. The van der Waals surface area contributed by atoms with Gasteiger partial charge in [-0.15, -0.1) is 5.10 Å². The Morgan fingerprint density at radius 3 is 2.76 bits per heavy atom. The molecular formula is C11H19N5O. The van der Waals surface area contributed by atoms with Crippen LogP contribution in [0.15, 0.2) is 6.33 Å². The predicted molar refractivity (Wildman–Crippen MR) is 64.0 cm³/mol. The molecule has 1 aromatic rings. The quantitative estimate of drug-likeness (QED) is 0.831. The first kappa shape index (κ1) is 11.9. The van der Waals surface area contributed by atoms with Crippen molar-refractivity contribution in [3.05, 3.63) is 6.33 Å². The molecule has 1 aromatic heterocycles. The maximum Gasteiger partial charge on any atom is 0.244 e. The third-order valence-electron chi connectivity index (χ3n) is 3.40. The number of nitrogens with zero attached hydrogens (tertiary/aromatic N) is 4. The largest absolute Gasteiger partial charge is 0.367 e. The van der Waals surface area contributed by atoms with Gasteiger partial charge in [0.1, 0.15) is 12.9 Å². The molecule has 1 aliphatic heterocycles. The van der Waals surface area contributed by atoms with Gasteiger partial charge < -0.3 is 10.6 Å². The van der Waals surface area contributed by atoms with Crippen molar-refractivity contribution in [2.24, 2.45) is 5.92 Å². The number of hydrogen-bond acceptors (Lipinski definition) is 4. The Morgan fingerprint density at radius 1 is 1.53 bits per heavy atom. The molecule has 0 aliphatic carbocycles. The maximum atomic E-state index is 12.0. The van der Waals surface area contributed by atoms with Crippen LogP contribution in [0.2, 0.25) is 0 Å². The van der Waals surface area contributed by atoms with Crippen LogP contribution in [0.25, 0.3) is 0 Å². The van der Waals surface area contributed by atoms with Crippen molar-refractivity contribution in [2.45, 2.75) is 32.7 Å². The van der Waals surface area contributed by atoms with Crippen LogP contribution in [0.4, 0.5) is 5.95 Å². The van der Waals surface area contributed by atoms with Gasteiger partial charge in [-0.25, -0.2) is 9.67 Å². The molecule has 2 N–H and O–H groups in total. The summed E-state index contributed by atoms with van der Waals surface area (Å²) >= 11 is 0. The molecule has 0 spiro atoms. The molecule has 2 heterocycles. The smallest absolute Gasteiger partial charge is 0.244 e. The second kappa shape index (κ2) is 5.16. The second-order valence-electron chi connectivity index (χ2n) is 4.53. The number of rotatable bonds is 3. The molecule has 1 amide bonds. The summed E-state index contributed by atoms with van der Waals surface area (Å²) in [5, 5.41) is 3.91. The molecule has 0 atom stereocenters. The van der Waals surface area contributed by atoms with Crippen LogP contribution in [0.5, 0.6) is 0 Å². The fraction of sp³-hybridized carbons (Fsp3) is 0.727. The molecule has 17 heavy (non-hydrogen) atoms. The highest BCUT2D eigenvalue weighted by atomic mass is 16.2. The van der Waals surface area contributed by atoms with Gasteiger partial charge >= 0.3 is 0 Å². The van der Waals surface area contributed by atoms with Gasteiger partial charge in [-0.1, -0.05) is 13.3 Å². The van der Waals surface area contributed by atoms with Crippen molar-refractivity contribution in [1.29, 1.82) is 0 Å².